The molecule has 17 heavy (non-hydrogen) atoms. The standard InChI is InChI=1S/C12H10BrFN2O/c1-8-4-12(17)16(15-6-8)7-9-2-3-10(14)5-11(9)13/h2-6H,7H2,1H3. The molecule has 3 nitrogen and oxygen atoms in total. The molecule has 2 aromatic rings. The summed E-state index contributed by atoms with van der Waals surface area (Å²) >= 11 is 3.26. The van der Waals surface area contributed by atoms with Crippen molar-refractivity contribution in [2.75, 3.05) is 0 Å². The third kappa shape index (κ3) is 2.79. The maximum absolute atomic E-state index is 12.9. The molecule has 0 fully saturated rings. The van der Waals surface area contributed by atoms with E-state index in [0.29, 0.717) is 11.0 Å². The minimum absolute atomic E-state index is 0.166. The maximum Gasteiger partial charge on any atom is 0.267 e. The van der Waals surface area contributed by atoms with Crippen molar-refractivity contribution >= 4 is 15.9 Å². The lowest BCUT2D eigenvalue weighted by Crippen LogP contribution is -2.22. The average Bonchev–Trinajstić information content (AvgIpc) is 2.25. The Morgan fingerprint density at radius 1 is 1.41 bits per heavy atom. The molecule has 1 aromatic carbocycles. The van der Waals surface area contributed by atoms with Gasteiger partial charge in [0.2, 0.25) is 0 Å². The number of nitrogens with zero attached hydrogens (tertiary/aromatic N) is 2. The SMILES string of the molecule is Cc1cnn(Cc2ccc(F)cc2Br)c(=O)c1. The zero-order chi connectivity index (χ0) is 12.4. The first-order valence-corrected chi connectivity index (χ1v) is 5.83. The molecule has 0 atom stereocenters. The highest BCUT2D eigenvalue weighted by molar-refractivity contribution is 9.10. The predicted molar refractivity (Wildman–Crippen MR) is 66.4 cm³/mol. The Balaban J connectivity index is 2.35. The van der Waals surface area contributed by atoms with E-state index in [4.69, 9.17) is 0 Å². The molecule has 0 radical (unpaired) electrons. The Morgan fingerprint density at radius 2 is 2.18 bits per heavy atom. The van der Waals surface area contributed by atoms with Crippen LogP contribution < -0.4 is 5.56 Å². The summed E-state index contributed by atoms with van der Waals surface area (Å²) in [6.45, 7) is 2.13. The quantitative estimate of drug-likeness (QED) is 0.853. The van der Waals surface area contributed by atoms with Crippen LogP contribution in [0.1, 0.15) is 11.1 Å². The molecule has 0 aliphatic heterocycles. The summed E-state index contributed by atoms with van der Waals surface area (Å²) in [7, 11) is 0. The Bertz CT molecular complexity index is 610. The number of hydrogen-bond acceptors (Lipinski definition) is 2. The zero-order valence-corrected chi connectivity index (χ0v) is 10.7. The molecule has 0 bridgehead atoms. The second-order valence-electron chi connectivity index (χ2n) is 3.76. The molecule has 0 N–H and O–H groups in total. The number of aryl methyl sites for hydroxylation is 1. The topological polar surface area (TPSA) is 34.9 Å². The van der Waals surface area contributed by atoms with Crippen molar-refractivity contribution in [2.24, 2.45) is 0 Å². The van der Waals surface area contributed by atoms with E-state index >= 15 is 0 Å². The van der Waals surface area contributed by atoms with Crippen LogP contribution in [-0.2, 0) is 6.54 Å². The van der Waals surface area contributed by atoms with Crippen LogP contribution in [0.4, 0.5) is 4.39 Å². The van der Waals surface area contributed by atoms with Crippen molar-refractivity contribution < 1.29 is 4.39 Å². The monoisotopic (exact) mass is 296 g/mol. The van der Waals surface area contributed by atoms with E-state index in [1.807, 2.05) is 6.92 Å². The molecule has 2 rings (SSSR count). The van der Waals surface area contributed by atoms with Crippen molar-refractivity contribution in [3.63, 3.8) is 0 Å². The molecule has 0 saturated heterocycles. The van der Waals surface area contributed by atoms with E-state index in [1.165, 1.54) is 22.9 Å². The highest BCUT2D eigenvalue weighted by Crippen LogP contribution is 2.18. The molecule has 0 aliphatic rings. The van der Waals surface area contributed by atoms with E-state index < -0.39 is 0 Å². The molecule has 0 spiro atoms. The van der Waals surface area contributed by atoms with Gasteiger partial charge in [0, 0.05) is 10.5 Å². The minimum Gasteiger partial charge on any atom is -0.268 e. The summed E-state index contributed by atoms with van der Waals surface area (Å²) in [6, 6.07) is 5.88. The molecular formula is C12H10BrFN2O. The largest absolute Gasteiger partial charge is 0.268 e. The Labute approximate surface area is 106 Å². The Morgan fingerprint density at radius 3 is 2.82 bits per heavy atom. The summed E-state index contributed by atoms with van der Waals surface area (Å²) in [4.78, 5) is 11.6. The van der Waals surface area contributed by atoms with Gasteiger partial charge in [-0.1, -0.05) is 22.0 Å². The van der Waals surface area contributed by atoms with Gasteiger partial charge >= 0.3 is 0 Å². The second-order valence-corrected chi connectivity index (χ2v) is 4.62. The molecular weight excluding hydrogens is 287 g/mol. The molecule has 5 heteroatoms. The second kappa shape index (κ2) is 4.79. The molecule has 1 heterocycles. The van der Waals surface area contributed by atoms with Crippen molar-refractivity contribution in [1.29, 1.82) is 0 Å². The lowest BCUT2D eigenvalue weighted by atomic mass is 10.2. The summed E-state index contributed by atoms with van der Waals surface area (Å²) in [5.41, 5.74) is 1.47. The number of halogens is 2. The maximum atomic E-state index is 12.9. The highest BCUT2D eigenvalue weighted by Gasteiger charge is 2.04. The van der Waals surface area contributed by atoms with Crippen LogP contribution in [0.3, 0.4) is 0 Å². The number of benzene rings is 1. The predicted octanol–water partition coefficient (Wildman–Crippen LogP) is 2.50. The van der Waals surface area contributed by atoms with Gasteiger partial charge in [0.25, 0.3) is 5.56 Å². The van der Waals surface area contributed by atoms with Gasteiger partial charge in [-0.25, -0.2) is 9.07 Å². The van der Waals surface area contributed by atoms with Gasteiger partial charge in [-0.2, -0.15) is 5.10 Å². The van der Waals surface area contributed by atoms with Crippen molar-refractivity contribution in [3.05, 3.63) is 62.2 Å². The van der Waals surface area contributed by atoms with E-state index in [1.54, 1.807) is 12.3 Å². The van der Waals surface area contributed by atoms with Crippen molar-refractivity contribution in [3.8, 4) is 0 Å². The van der Waals surface area contributed by atoms with Crippen LogP contribution in [0.15, 0.2) is 39.7 Å². The van der Waals surface area contributed by atoms with Gasteiger partial charge < -0.3 is 0 Å². The van der Waals surface area contributed by atoms with Crippen molar-refractivity contribution in [1.82, 2.24) is 9.78 Å². The van der Waals surface area contributed by atoms with Gasteiger partial charge in [-0.3, -0.25) is 4.79 Å². The first-order chi connectivity index (χ1) is 8.06. The van der Waals surface area contributed by atoms with Crippen molar-refractivity contribution in [2.45, 2.75) is 13.5 Å². The first-order valence-electron chi connectivity index (χ1n) is 5.04. The van der Waals surface area contributed by atoms with Crippen LogP contribution in [0.5, 0.6) is 0 Å². The Hall–Kier alpha value is -1.49. The number of hydrogen-bond donors (Lipinski definition) is 0. The van der Waals surface area contributed by atoms with Gasteiger partial charge in [0.15, 0.2) is 0 Å². The van der Waals surface area contributed by atoms with Crippen LogP contribution in [0.25, 0.3) is 0 Å². The molecule has 1 aromatic heterocycles. The highest BCUT2D eigenvalue weighted by atomic mass is 79.9. The fourth-order valence-corrected chi connectivity index (χ4v) is 1.93. The third-order valence-corrected chi connectivity index (χ3v) is 3.08. The summed E-state index contributed by atoms with van der Waals surface area (Å²) in [5, 5.41) is 4.03. The summed E-state index contributed by atoms with van der Waals surface area (Å²) in [5.74, 6) is -0.315. The van der Waals surface area contributed by atoms with Crippen LogP contribution in [0, 0.1) is 12.7 Å². The summed E-state index contributed by atoms with van der Waals surface area (Å²) < 4.78 is 14.9. The summed E-state index contributed by atoms with van der Waals surface area (Å²) in [6.07, 6.45) is 1.62. The van der Waals surface area contributed by atoms with E-state index in [9.17, 15) is 9.18 Å². The first kappa shape index (κ1) is 12.0. The van der Waals surface area contributed by atoms with E-state index in [0.717, 1.165) is 11.1 Å². The zero-order valence-electron chi connectivity index (χ0n) is 9.15. The smallest absolute Gasteiger partial charge is 0.267 e. The average molecular weight is 297 g/mol. The normalized spacial score (nSPS) is 10.5. The molecule has 0 amide bonds. The molecule has 0 aliphatic carbocycles. The van der Waals surface area contributed by atoms with E-state index in [2.05, 4.69) is 21.0 Å². The van der Waals surface area contributed by atoms with Crippen LogP contribution in [0.2, 0.25) is 0 Å². The fourth-order valence-electron chi connectivity index (χ4n) is 1.45. The molecule has 0 saturated carbocycles. The van der Waals surface area contributed by atoms with Crippen LogP contribution >= 0.6 is 15.9 Å². The Kier molecular flexibility index (Phi) is 3.38. The lowest BCUT2D eigenvalue weighted by molar-refractivity contribution is 0.616. The molecule has 88 valence electrons. The fraction of sp³-hybridized carbons (Fsp3) is 0.167. The van der Waals surface area contributed by atoms with Gasteiger partial charge in [-0.05, 0) is 30.2 Å². The number of rotatable bonds is 2. The molecule has 0 unspecified atom stereocenters. The van der Waals surface area contributed by atoms with Crippen LogP contribution in [-0.4, -0.2) is 9.78 Å². The third-order valence-electron chi connectivity index (χ3n) is 2.34. The number of aromatic nitrogens is 2. The minimum atomic E-state index is -0.315. The van der Waals surface area contributed by atoms with Gasteiger partial charge in [0.05, 0.1) is 12.7 Å². The van der Waals surface area contributed by atoms with Gasteiger partial charge in [0.1, 0.15) is 5.82 Å². The van der Waals surface area contributed by atoms with E-state index in [-0.39, 0.29) is 11.4 Å². The van der Waals surface area contributed by atoms with Gasteiger partial charge in [-0.15, -0.1) is 0 Å². The lowest BCUT2D eigenvalue weighted by Gasteiger charge is -2.06.